The van der Waals surface area contributed by atoms with Crippen molar-refractivity contribution < 1.29 is 0 Å². The van der Waals surface area contributed by atoms with Crippen LogP contribution in [0.4, 0.5) is 0 Å². The van der Waals surface area contributed by atoms with Gasteiger partial charge in [-0.1, -0.05) is 17.8 Å². The topological polar surface area (TPSA) is 38.9 Å². The number of nitrogens with zero attached hydrogens (tertiary/aromatic N) is 1. The van der Waals surface area contributed by atoms with Crippen molar-refractivity contribution in [1.82, 2.24) is 4.98 Å². The highest BCUT2D eigenvalue weighted by molar-refractivity contribution is 8.01. The predicted molar refractivity (Wildman–Crippen MR) is 65.3 cm³/mol. The van der Waals surface area contributed by atoms with Crippen LogP contribution < -0.4 is 5.73 Å². The van der Waals surface area contributed by atoms with Crippen LogP contribution in [-0.2, 0) is 0 Å². The van der Waals surface area contributed by atoms with Crippen molar-refractivity contribution in [1.29, 1.82) is 0 Å². The summed E-state index contributed by atoms with van der Waals surface area (Å²) in [6.45, 7) is 1.94. The van der Waals surface area contributed by atoms with Crippen molar-refractivity contribution in [2.24, 2.45) is 5.73 Å². The maximum Gasteiger partial charge on any atom is 0.0646 e. The second-order valence-electron chi connectivity index (χ2n) is 3.24. The molecule has 0 aliphatic rings. The van der Waals surface area contributed by atoms with E-state index in [0.29, 0.717) is 0 Å². The predicted octanol–water partition coefficient (Wildman–Crippen LogP) is 3.31. The van der Waals surface area contributed by atoms with Gasteiger partial charge in [0.2, 0.25) is 0 Å². The van der Waals surface area contributed by atoms with Gasteiger partial charge < -0.3 is 5.73 Å². The minimum atomic E-state index is 0.00536. The molecule has 0 aliphatic heterocycles. The molecule has 2 rings (SSSR count). The molecule has 15 heavy (non-hydrogen) atoms. The molecular weight excluding hydrogens is 224 g/mol. The van der Waals surface area contributed by atoms with Crippen LogP contribution >= 0.6 is 23.1 Å². The molecule has 2 heterocycles. The Balaban J connectivity index is 2.11. The van der Waals surface area contributed by atoms with Gasteiger partial charge in [-0.15, -0.1) is 11.3 Å². The van der Waals surface area contributed by atoms with Crippen molar-refractivity contribution in [3.63, 3.8) is 0 Å². The molecule has 0 bridgehead atoms. The Labute approximate surface area is 97.5 Å². The quantitative estimate of drug-likeness (QED) is 0.888. The molecule has 0 unspecified atom stereocenters. The standard InChI is InChI=1S/C11H12N2S2/c1-8(12)10-5-4-9(7-13-10)15-11-3-2-6-14-11/h2-8H,12H2,1H3/t8-/m0/s1. The highest BCUT2D eigenvalue weighted by atomic mass is 32.2. The Morgan fingerprint density at radius 1 is 1.40 bits per heavy atom. The third kappa shape index (κ3) is 2.81. The summed E-state index contributed by atoms with van der Waals surface area (Å²) in [5, 5.41) is 2.08. The van der Waals surface area contributed by atoms with E-state index >= 15 is 0 Å². The molecule has 0 saturated carbocycles. The normalized spacial score (nSPS) is 12.7. The van der Waals surface area contributed by atoms with Crippen molar-refractivity contribution >= 4 is 23.1 Å². The first kappa shape index (κ1) is 10.7. The summed E-state index contributed by atoms with van der Waals surface area (Å²) in [5.41, 5.74) is 6.67. The highest BCUT2D eigenvalue weighted by Gasteiger charge is 2.02. The molecule has 78 valence electrons. The van der Waals surface area contributed by atoms with Gasteiger partial charge in [-0.3, -0.25) is 4.98 Å². The first-order chi connectivity index (χ1) is 7.25. The van der Waals surface area contributed by atoms with E-state index < -0.39 is 0 Å². The summed E-state index contributed by atoms with van der Waals surface area (Å²) in [4.78, 5) is 5.47. The van der Waals surface area contributed by atoms with Crippen LogP contribution in [-0.4, -0.2) is 4.98 Å². The first-order valence-electron chi connectivity index (χ1n) is 4.68. The molecule has 1 atom stereocenters. The molecule has 0 fully saturated rings. The maximum atomic E-state index is 5.73. The number of thiophene rings is 1. The molecule has 0 spiro atoms. The minimum absolute atomic E-state index is 0.00536. The van der Waals surface area contributed by atoms with Crippen molar-refractivity contribution in [2.45, 2.75) is 22.1 Å². The lowest BCUT2D eigenvalue weighted by Crippen LogP contribution is -2.06. The van der Waals surface area contributed by atoms with E-state index in [0.717, 1.165) is 10.6 Å². The summed E-state index contributed by atoms with van der Waals surface area (Å²) < 4.78 is 1.28. The molecule has 0 amide bonds. The molecule has 0 aromatic carbocycles. The number of hydrogen-bond donors (Lipinski definition) is 1. The molecule has 2 aromatic rings. The van der Waals surface area contributed by atoms with Crippen molar-refractivity contribution in [3.8, 4) is 0 Å². The van der Waals surface area contributed by atoms with Gasteiger partial charge in [0.25, 0.3) is 0 Å². The number of pyridine rings is 1. The van der Waals surface area contributed by atoms with Crippen LogP contribution in [0.25, 0.3) is 0 Å². The first-order valence-corrected chi connectivity index (χ1v) is 6.38. The van der Waals surface area contributed by atoms with E-state index in [1.165, 1.54) is 4.21 Å². The monoisotopic (exact) mass is 236 g/mol. The summed E-state index contributed by atoms with van der Waals surface area (Å²) >= 11 is 3.47. The molecule has 2 N–H and O–H groups in total. The van der Waals surface area contributed by atoms with Gasteiger partial charge in [-0.25, -0.2) is 0 Å². The van der Waals surface area contributed by atoms with Gasteiger partial charge in [-0.05, 0) is 30.5 Å². The molecule has 2 nitrogen and oxygen atoms in total. The SMILES string of the molecule is C[C@H](N)c1ccc(Sc2cccs2)cn1. The molecule has 4 heteroatoms. The Hall–Kier alpha value is -0.840. The van der Waals surface area contributed by atoms with Crippen molar-refractivity contribution in [3.05, 3.63) is 41.5 Å². The Morgan fingerprint density at radius 3 is 2.80 bits per heavy atom. The van der Waals surface area contributed by atoms with E-state index in [2.05, 4.69) is 28.6 Å². The average molecular weight is 236 g/mol. The lowest BCUT2D eigenvalue weighted by molar-refractivity contribution is 0.777. The number of hydrogen-bond acceptors (Lipinski definition) is 4. The summed E-state index contributed by atoms with van der Waals surface area (Å²) in [6.07, 6.45) is 1.88. The summed E-state index contributed by atoms with van der Waals surface area (Å²) in [6, 6.07) is 8.22. The zero-order valence-corrected chi connectivity index (χ0v) is 10.0. The smallest absolute Gasteiger partial charge is 0.0646 e. The fourth-order valence-corrected chi connectivity index (χ4v) is 2.88. The number of nitrogens with two attached hydrogens (primary N) is 1. The van der Waals surface area contributed by atoms with E-state index in [4.69, 9.17) is 5.73 Å². The highest BCUT2D eigenvalue weighted by Crippen LogP contribution is 2.30. The third-order valence-corrected chi connectivity index (χ3v) is 3.95. The van der Waals surface area contributed by atoms with Crippen LogP contribution in [0, 0.1) is 0 Å². The van der Waals surface area contributed by atoms with Crippen molar-refractivity contribution in [2.75, 3.05) is 0 Å². The van der Waals surface area contributed by atoms with Crippen LogP contribution in [0.3, 0.4) is 0 Å². The van der Waals surface area contributed by atoms with Gasteiger partial charge in [0.15, 0.2) is 0 Å². The Bertz CT molecular complexity index is 407. The minimum Gasteiger partial charge on any atom is -0.323 e. The van der Waals surface area contributed by atoms with Gasteiger partial charge in [0.1, 0.15) is 0 Å². The Morgan fingerprint density at radius 2 is 2.27 bits per heavy atom. The van der Waals surface area contributed by atoms with E-state index in [1.54, 1.807) is 23.1 Å². The van der Waals surface area contributed by atoms with E-state index in [1.807, 2.05) is 19.2 Å². The second-order valence-corrected chi connectivity index (χ2v) is 5.56. The maximum absolute atomic E-state index is 5.73. The van der Waals surface area contributed by atoms with Gasteiger partial charge >= 0.3 is 0 Å². The number of rotatable bonds is 3. The molecule has 0 radical (unpaired) electrons. The summed E-state index contributed by atoms with van der Waals surface area (Å²) in [5.74, 6) is 0. The second kappa shape index (κ2) is 4.79. The van der Waals surface area contributed by atoms with E-state index in [-0.39, 0.29) is 6.04 Å². The lowest BCUT2D eigenvalue weighted by atomic mass is 10.2. The third-order valence-electron chi connectivity index (χ3n) is 1.94. The van der Waals surface area contributed by atoms with E-state index in [9.17, 15) is 0 Å². The zero-order valence-electron chi connectivity index (χ0n) is 8.38. The fraction of sp³-hybridized carbons (Fsp3) is 0.182. The largest absolute Gasteiger partial charge is 0.323 e. The van der Waals surface area contributed by atoms with Crippen LogP contribution in [0.15, 0.2) is 44.9 Å². The molecule has 2 aromatic heterocycles. The van der Waals surface area contributed by atoms with Gasteiger partial charge in [-0.2, -0.15) is 0 Å². The van der Waals surface area contributed by atoms with Gasteiger partial charge in [0.05, 0.1) is 9.90 Å². The molecular formula is C11H12N2S2. The van der Waals surface area contributed by atoms with Crippen LogP contribution in [0.1, 0.15) is 18.7 Å². The van der Waals surface area contributed by atoms with Gasteiger partial charge in [0, 0.05) is 17.1 Å². The van der Waals surface area contributed by atoms with Crippen LogP contribution in [0.5, 0.6) is 0 Å². The molecule has 0 aliphatic carbocycles. The number of aromatic nitrogens is 1. The molecule has 0 saturated heterocycles. The summed E-state index contributed by atoms with van der Waals surface area (Å²) in [7, 11) is 0. The fourth-order valence-electron chi connectivity index (χ4n) is 1.16. The Kier molecular flexibility index (Phi) is 3.41. The zero-order chi connectivity index (χ0) is 10.7. The lowest BCUT2D eigenvalue weighted by Gasteiger charge is -2.04. The average Bonchev–Trinajstić information content (AvgIpc) is 2.71. The van der Waals surface area contributed by atoms with Crippen LogP contribution in [0.2, 0.25) is 0 Å².